The van der Waals surface area contributed by atoms with E-state index in [2.05, 4.69) is 54.7 Å². The summed E-state index contributed by atoms with van der Waals surface area (Å²) in [6.45, 7) is 5.25. The molecule has 0 aliphatic rings. The van der Waals surface area contributed by atoms with Crippen molar-refractivity contribution in [1.82, 2.24) is 15.1 Å². The lowest BCUT2D eigenvalue weighted by molar-refractivity contribution is 0.606. The third-order valence-corrected chi connectivity index (χ3v) is 4.07. The number of nitrogens with zero attached hydrogens (tertiary/aromatic N) is 2. The second-order valence-electron chi connectivity index (χ2n) is 4.68. The van der Waals surface area contributed by atoms with E-state index in [-0.39, 0.29) is 0 Å². The first-order valence-electron chi connectivity index (χ1n) is 6.60. The van der Waals surface area contributed by atoms with Gasteiger partial charge in [-0.25, -0.2) is 0 Å². The van der Waals surface area contributed by atoms with Crippen molar-refractivity contribution < 1.29 is 0 Å². The van der Waals surface area contributed by atoms with E-state index in [1.807, 2.05) is 29.7 Å². The Morgan fingerprint density at radius 1 is 1.32 bits per heavy atom. The van der Waals surface area contributed by atoms with E-state index in [1.54, 1.807) is 0 Å². The summed E-state index contributed by atoms with van der Waals surface area (Å²) in [5.41, 5.74) is 2.66. The molecule has 19 heavy (non-hydrogen) atoms. The van der Waals surface area contributed by atoms with Gasteiger partial charge in [0, 0.05) is 29.9 Å². The monoisotopic (exact) mass is 275 g/mol. The van der Waals surface area contributed by atoms with Gasteiger partial charge in [-0.05, 0) is 19.0 Å². The Morgan fingerprint density at radius 3 is 2.63 bits per heavy atom. The number of aromatic nitrogens is 2. The third kappa shape index (κ3) is 4.11. The summed E-state index contributed by atoms with van der Waals surface area (Å²) in [5.74, 6) is 1.02. The molecular weight excluding hydrogens is 254 g/mol. The lowest BCUT2D eigenvalue weighted by Gasteiger charge is -2.17. The van der Waals surface area contributed by atoms with Gasteiger partial charge in [-0.1, -0.05) is 36.8 Å². The predicted molar refractivity (Wildman–Crippen MR) is 81.5 cm³/mol. The fraction of sp³-hybridized carbons (Fsp3) is 0.400. The lowest BCUT2D eigenvalue weighted by Crippen LogP contribution is -2.22. The Bertz CT molecular complexity index is 504. The minimum Gasteiger partial charge on any atom is -0.309 e. The number of hydrogen-bond donors (Lipinski definition) is 1. The number of aryl methyl sites for hydroxylation is 2. The molecule has 0 aliphatic carbocycles. The highest BCUT2D eigenvalue weighted by molar-refractivity contribution is 7.99. The summed E-state index contributed by atoms with van der Waals surface area (Å²) in [7, 11) is 1.95. The van der Waals surface area contributed by atoms with E-state index in [4.69, 9.17) is 0 Å². The van der Waals surface area contributed by atoms with Crippen LogP contribution in [-0.4, -0.2) is 22.1 Å². The minimum absolute atomic E-state index is 0.385. The van der Waals surface area contributed by atoms with Crippen molar-refractivity contribution >= 4 is 11.8 Å². The number of nitrogens with one attached hydrogen (secondary N) is 1. The molecular formula is C15H21N3S. The summed E-state index contributed by atoms with van der Waals surface area (Å²) in [4.78, 5) is 1.22. The van der Waals surface area contributed by atoms with Gasteiger partial charge in [0.2, 0.25) is 0 Å². The van der Waals surface area contributed by atoms with Gasteiger partial charge in [0.25, 0.3) is 0 Å². The summed E-state index contributed by atoms with van der Waals surface area (Å²) >= 11 is 1.84. The summed E-state index contributed by atoms with van der Waals surface area (Å²) < 4.78 is 1.84. The Hall–Kier alpha value is -1.26. The van der Waals surface area contributed by atoms with E-state index in [9.17, 15) is 0 Å². The Balaban J connectivity index is 2.01. The minimum atomic E-state index is 0.385. The Labute approximate surface area is 119 Å². The molecule has 4 heteroatoms. The van der Waals surface area contributed by atoms with E-state index in [1.165, 1.54) is 16.0 Å². The molecule has 0 aliphatic heterocycles. The molecule has 0 fully saturated rings. The van der Waals surface area contributed by atoms with Crippen molar-refractivity contribution in [3.8, 4) is 0 Å². The van der Waals surface area contributed by atoms with Crippen LogP contribution < -0.4 is 5.32 Å². The van der Waals surface area contributed by atoms with Crippen LogP contribution in [0.3, 0.4) is 0 Å². The molecule has 3 nitrogen and oxygen atoms in total. The van der Waals surface area contributed by atoms with Crippen LogP contribution in [0.4, 0.5) is 0 Å². The van der Waals surface area contributed by atoms with E-state index in [0.717, 1.165) is 12.3 Å². The molecule has 1 heterocycles. The van der Waals surface area contributed by atoms with Gasteiger partial charge in [-0.2, -0.15) is 5.10 Å². The quantitative estimate of drug-likeness (QED) is 0.821. The summed E-state index contributed by atoms with van der Waals surface area (Å²) in [5, 5.41) is 7.75. The highest BCUT2D eigenvalue weighted by atomic mass is 32.2. The van der Waals surface area contributed by atoms with Crippen LogP contribution in [0.25, 0.3) is 0 Å². The Morgan fingerprint density at radius 2 is 2.05 bits per heavy atom. The zero-order valence-corrected chi connectivity index (χ0v) is 12.6. The largest absolute Gasteiger partial charge is 0.309 e. The van der Waals surface area contributed by atoms with Crippen molar-refractivity contribution in [3.63, 3.8) is 0 Å². The molecule has 1 unspecified atom stereocenters. The Kier molecular flexibility index (Phi) is 5.05. The molecule has 1 N–H and O–H groups in total. The van der Waals surface area contributed by atoms with Gasteiger partial charge in [-0.15, -0.1) is 11.8 Å². The van der Waals surface area contributed by atoms with Crippen LogP contribution in [0.5, 0.6) is 0 Å². The number of thioether (sulfide) groups is 1. The lowest BCUT2D eigenvalue weighted by atomic mass is 10.1. The zero-order chi connectivity index (χ0) is 13.7. The molecule has 2 aromatic rings. The maximum atomic E-state index is 4.20. The molecule has 1 atom stereocenters. The van der Waals surface area contributed by atoms with Crippen molar-refractivity contribution in [2.24, 2.45) is 7.05 Å². The first-order valence-corrected chi connectivity index (χ1v) is 7.59. The third-order valence-electron chi connectivity index (χ3n) is 3.03. The standard InChI is InChI=1S/C15H21N3S/c1-4-16-15(13-7-5-12(2)6-8-13)11-19-14-9-17-18(3)10-14/h5-10,15-16H,4,11H2,1-3H3. The van der Waals surface area contributed by atoms with Crippen LogP contribution in [0.1, 0.15) is 24.1 Å². The fourth-order valence-corrected chi connectivity index (χ4v) is 2.99. The molecule has 2 rings (SSSR count). The fourth-order valence-electron chi connectivity index (χ4n) is 1.97. The molecule has 1 aromatic heterocycles. The first-order chi connectivity index (χ1) is 9.19. The van der Waals surface area contributed by atoms with Gasteiger partial charge >= 0.3 is 0 Å². The normalized spacial score (nSPS) is 12.6. The molecule has 0 bridgehead atoms. The molecule has 0 radical (unpaired) electrons. The predicted octanol–water partition coefficient (Wildman–Crippen LogP) is 3.17. The summed E-state index contributed by atoms with van der Waals surface area (Å²) in [6.07, 6.45) is 3.98. The van der Waals surface area contributed by atoms with Gasteiger partial charge in [0.05, 0.1) is 6.20 Å². The van der Waals surface area contributed by atoms with Crippen molar-refractivity contribution in [2.45, 2.75) is 24.8 Å². The van der Waals surface area contributed by atoms with Gasteiger partial charge in [-0.3, -0.25) is 4.68 Å². The highest BCUT2D eigenvalue weighted by Crippen LogP contribution is 2.24. The first kappa shape index (κ1) is 14.2. The number of rotatable bonds is 6. The topological polar surface area (TPSA) is 29.9 Å². The zero-order valence-electron chi connectivity index (χ0n) is 11.8. The maximum Gasteiger partial charge on any atom is 0.0625 e. The van der Waals surface area contributed by atoms with Crippen LogP contribution in [0.15, 0.2) is 41.6 Å². The molecule has 102 valence electrons. The van der Waals surface area contributed by atoms with Crippen molar-refractivity contribution in [3.05, 3.63) is 47.8 Å². The smallest absolute Gasteiger partial charge is 0.0625 e. The van der Waals surface area contributed by atoms with E-state index >= 15 is 0 Å². The average molecular weight is 275 g/mol. The molecule has 0 saturated carbocycles. The van der Waals surface area contributed by atoms with Crippen LogP contribution >= 0.6 is 11.8 Å². The van der Waals surface area contributed by atoms with Crippen LogP contribution in [0.2, 0.25) is 0 Å². The highest BCUT2D eigenvalue weighted by Gasteiger charge is 2.11. The van der Waals surface area contributed by atoms with Gasteiger partial charge in [0.1, 0.15) is 0 Å². The van der Waals surface area contributed by atoms with Gasteiger partial charge in [0.15, 0.2) is 0 Å². The van der Waals surface area contributed by atoms with Crippen molar-refractivity contribution in [1.29, 1.82) is 0 Å². The summed E-state index contributed by atoms with van der Waals surface area (Å²) in [6, 6.07) is 9.16. The molecule has 0 saturated heterocycles. The number of benzene rings is 1. The number of hydrogen-bond acceptors (Lipinski definition) is 3. The van der Waals surface area contributed by atoms with Crippen molar-refractivity contribution in [2.75, 3.05) is 12.3 Å². The molecule has 0 spiro atoms. The average Bonchev–Trinajstić information content (AvgIpc) is 2.81. The molecule has 1 aromatic carbocycles. The second-order valence-corrected chi connectivity index (χ2v) is 5.78. The second kappa shape index (κ2) is 6.78. The SMILES string of the molecule is CCNC(CSc1cnn(C)c1)c1ccc(C)cc1. The maximum absolute atomic E-state index is 4.20. The molecule has 0 amide bonds. The van der Waals surface area contributed by atoms with Gasteiger partial charge < -0.3 is 5.32 Å². The van der Waals surface area contributed by atoms with E-state index in [0.29, 0.717) is 6.04 Å². The van der Waals surface area contributed by atoms with Crippen LogP contribution in [-0.2, 0) is 7.05 Å². The van der Waals surface area contributed by atoms with E-state index < -0.39 is 0 Å². The van der Waals surface area contributed by atoms with Crippen LogP contribution in [0, 0.1) is 6.92 Å².